The second kappa shape index (κ2) is 10.9. The van der Waals surface area contributed by atoms with Gasteiger partial charge in [0, 0.05) is 24.5 Å². The summed E-state index contributed by atoms with van der Waals surface area (Å²) >= 11 is 0. The fraction of sp³-hybridized carbons (Fsp3) is 0.407. The molecule has 2 aliphatic rings. The van der Waals surface area contributed by atoms with Crippen LogP contribution in [0, 0.1) is 5.92 Å². The second-order valence-corrected chi connectivity index (χ2v) is 9.07. The van der Waals surface area contributed by atoms with Crippen molar-refractivity contribution in [2.75, 3.05) is 36.5 Å². The Balaban J connectivity index is 1.41. The minimum atomic E-state index is -1.13. The highest BCUT2D eigenvalue weighted by atomic mass is 16.5. The maximum Gasteiger partial charge on any atom is 0.330 e. The van der Waals surface area contributed by atoms with Crippen LogP contribution in [-0.4, -0.2) is 67.0 Å². The maximum atomic E-state index is 13.2. The van der Waals surface area contributed by atoms with Gasteiger partial charge >= 0.3 is 5.97 Å². The number of imide groups is 1. The van der Waals surface area contributed by atoms with Crippen molar-refractivity contribution in [3.8, 4) is 0 Å². The largest absolute Gasteiger partial charge is 0.451 e. The van der Waals surface area contributed by atoms with Crippen LogP contribution in [0.2, 0.25) is 0 Å². The second-order valence-electron chi connectivity index (χ2n) is 9.07. The van der Waals surface area contributed by atoms with E-state index in [4.69, 9.17) is 9.47 Å². The molecule has 3 atom stereocenters. The van der Waals surface area contributed by atoms with Gasteiger partial charge in [0.15, 0.2) is 6.10 Å². The molecule has 0 aromatic heterocycles. The molecule has 0 unspecified atom stereocenters. The minimum absolute atomic E-state index is 0.259. The Labute approximate surface area is 210 Å². The van der Waals surface area contributed by atoms with E-state index in [0.29, 0.717) is 25.3 Å². The first-order chi connectivity index (χ1) is 17.3. The summed E-state index contributed by atoms with van der Waals surface area (Å²) in [5.74, 6) is -2.72. The average molecular weight is 494 g/mol. The van der Waals surface area contributed by atoms with Crippen LogP contribution < -0.4 is 10.2 Å². The van der Waals surface area contributed by atoms with Crippen molar-refractivity contribution in [2.45, 2.75) is 39.3 Å². The number of anilines is 2. The zero-order valence-corrected chi connectivity index (χ0v) is 20.7. The van der Waals surface area contributed by atoms with Crippen LogP contribution in [0.4, 0.5) is 11.4 Å². The summed E-state index contributed by atoms with van der Waals surface area (Å²) in [6, 6.07) is 12.7. The standard InChI is InChI=1S/C27H31N3O6/c1-4-17(2)23(30-25(32)21-7-5-6-8-22(21)26(30)33)27(34)36-18(3)24(31)28-19-9-11-20(12-10-19)29-13-15-35-16-14-29/h5-12,17-18,23H,4,13-16H2,1-3H3,(H,28,31)/t17-,18+,23-/m1/s1. The van der Waals surface area contributed by atoms with Crippen molar-refractivity contribution < 1.29 is 28.7 Å². The summed E-state index contributed by atoms with van der Waals surface area (Å²) in [5.41, 5.74) is 2.12. The molecule has 1 fully saturated rings. The third kappa shape index (κ3) is 5.11. The third-order valence-corrected chi connectivity index (χ3v) is 6.70. The van der Waals surface area contributed by atoms with Crippen LogP contribution in [0.5, 0.6) is 0 Å². The number of carbonyl (C=O) groups is 4. The zero-order chi connectivity index (χ0) is 25.8. The van der Waals surface area contributed by atoms with Gasteiger partial charge in [0.1, 0.15) is 6.04 Å². The Morgan fingerprint density at radius 1 is 0.972 bits per heavy atom. The first-order valence-electron chi connectivity index (χ1n) is 12.2. The molecule has 2 aromatic rings. The quantitative estimate of drug-likeness (QED) is 0.445. The number of carbonyl (C=O) groups excluding carboxylic acids is 4. The first kappa shape index (κ1) is 25.4. The predicted octanol–water partition coefficient (Wildman–Crippen LogP) is 3.10. The lowest BCUT2D eigenvalue weighted by Gasteiger charge is -2.30. The Bertz CT molecular complexity index is 1110. The van der Waals surface area contributed by atoms with E-state index in [0.717, 1.165) is 23.7 Å². The molecule has 0 aliphatic carbocycles. The summed E-state index contributed by atoms with van der Waals surface area (Å²) < 4.78 is 10.9. The van der Waals surface area contributed by atoms with E-state index < -0.39 is 35.8 Å². The van der Waals surface area contributed by atoms with Gasteiger partial charge in [-0.25, -0.2) is 4.79 Å². The number of rotatable bonds is 8. The fourth-order valence-electron chi connectivity index (χ4n) is 4.39. The predicted molar refractivity (Wildman–Crippen MR) is 134 cm³/mol. The number of nitrogens with zero attached hydrogens (tertiary/aromatic N) is 2. The highest BCUT2D eigenvalue weighted by Crippen LogP contribution is 2.29. The van der Waals surface area contributed by atoms with E-state index >= 15 is 0 Å². The molecule has 0 spiro atoms. The summed E-state index contributed by atoms with van der Waals surface area (Å²) in [6.07, 6.45) is -0.596. The highest BCUT2D eigenvalue weighted by Gasteiger charge is 2.45. The van der Waals surface area contributed by atoms with Gasteiger partial charge in [-0.05, 0) is 49.2 Å². The van der Waals surface area contributed by atoms with Gasteiger partial charge in [0.05, 0.1) is 24.3 Å². The van der Waals surface area contributed by atoms with Crippen LogP contribution in [0.25, 0.3) is 0 Å². The molecular formula is C27H31N3O6. The van der Waals surface area contributed by atoms with Crippen LogP contribution in [0.1, 0.15) is 47.9 Å². The molecule has 36 heavy (non-hydrogen) atoms. The molecule has 0 saturated carbocycles. The van der Waals surface area contributed by atoms with E-state index in [1.165, 1.54) is 6.92 Å². The lowest BCUT2D eigenvalue weighted by Crippen LogP contribution is -2.50. The van der Waals surface area contributed by atoms with E-state index in [9.17, 15) is 19.2 Å². The summed E-state index contributed by atoms with van der Waals surface area (Å²) in [7, 11) is 0. The summed E-state index contributed by atoms with van der Waals surface area (Å²) in [4.78, 5) is 55.1. The number of fused-ring (bicyclic) bond motifs is 1. The SMILES string of the molecule is CC[C@@H](C)[C@H](C(=O)O[C@@H](C)C(=O)Nc1ccc(N2CCOCC2)cc1)N1C(=O)c2ccccc2C1=O. The summed E-state index contributed by atoms with van der Waals surface area (Å²) in [6.45, 7) is 8.08. The average Bonchev–Trinajstić information content (AvgIpc) is 3.15. The molecule has 4 rings (SSSR count). The normalized spacial score (nSPS) is 17.9. The van der Waals surface area contributed by atoms with Crippen molar-refractivity contribution in [2.24, 2.45) is 5.92 Å². The van der Waals surface area contributed by atoms with E-state index in [-0.39, 0.29) is 17.0 Å². The number of morpholine rings is 1. The molecular weight excluding hydrogens is 462 g/mol. The highest BCUT2D eigenvalue weighted by molar-refractivity contribution is 6.22. The van der Waals surface area contributed by atoms with Crippen molar-refractivity contribution >= 4 is 35.1 Å². The smallest absolute Gasteiger partial charge is 0.330 e. The number of benzene rings is 2. The fourth-order valence-corrected chi connectivity index (χ4v) is 4.39. The minimum Gasteiger partial charge on any atom is -0.451 e. The Morgan fingerprint density at radius 3 is 2.11 bits per heavy atom. The topological polar surface area (TPSA) is 105 Å². The van der Waals surface area contributed by atoms with E-state index in [1.54, 1.807) is 43.3 Å². The van der Waals surface area contributed by atoms with Gasteiger partial charge in [0.2, 0.25) is 0 Å². The van der Waals surface area contributed by atoms with E-state index in [2.05, 4.69) is 10.2 Å². The van der Waals surface area contributed by atoms with Crippen LogP contribution in [0.3, 0.4) is 0 Å². The number of nitrogens with one attached hydrogen (secondary N) is 1. The number of hydrogen-bond acceptors (Lipinski definition) is 7. The first-order valence-corrected chi connectivity index (χ1v) is 12.2. The monoisotopic (exact) mass is 493 g/mol. The van der Waals surface area contributed by atoms with E-state index in [1.807, 2.05) is 19.1 Å². The van der Waals surface area contributed by atoms with Gasteiger partial charge in [0.25, 0.3) is 17.7 Å². The Hall–Kier alpha value is -3.72. The van der Waals surface area contributed by atoms with Crippen LogP contribution >= 0.6 is 0 Å². The van der Waals surface area contributed by atoms with Crippen molar-refractivity contribution in [1.82, 2.24) is 4.90 Å². The van der Waals surface area contributed by atoms with Crippen molar-refractivity contribution in [3.63, 3.8) is 0 Å². The van der Waals surface area contributed by atoms with Gasteiger partial charge in [-0.15, -0.1) is 0 Å². The molecule has 2 heterocycles. The maximum absolute atomic E-state index is 13.2. The molecule has 0 radical (unpaired) electrons. The van der Waals surface area contributed by atoms with Crippen molar-refractivity contribution in [1.29, 1.82) is 0 Å². The molecule has 9 nitrogen and oxygen atoms in total. The van der Waals surface area contributed by atoms with Gasteiger partial charge in [-0.3, -0.25) is 19.3 Å². The number of ether oxygens (including phenoxy) is 2. The molecule has 0 bridgehead atoms. The number of esters is 1. The third-order valence-electron chi connectivity index (χ3n) is 6.70. The lowest BCUT2D eigenvalue weighted by atomic mass is 9.97. The molecule has 9 heteroatoms. The van der Waals surface area contributed by atoms with Crippen LogP contribution in [-0.2, 0) is 19.1 Å². The zero-order valence-electron chi connectivity index (χ0n) is 20.7. The molecule has 2 aliphatic heterocycles. The van der Waals surface area contributed by atoms with Gasteiger partial charge < -0.3 is 19.7 Å². The number of amides is 3. The molecule has 3 amide bonds. The van der Waals surface area contributed by atoms with Gasteiger partial charge in [-0.2, -0.15) is 0 Å². The molecule has 2 aromatic carbocycles. The number of hydrogen-bond donors (Lipinski definition) is 1. The molecule has 1 N–H and O–H groups in total. The summed E-state index contributed by atoms with van der Waals surface area (Å²) in [5, 5.41) is 2.75. The van der Waals surface area contributed by atoms with Gasteiger partial charge in [-0.1, -0.05) is 32.4 Å². The van der Waals surface area contributed by atoms with Crippen LogP contribution in [0.15, 0.2) is 48.5 Å². The Kier molecular flexibility index (Phi) is 7.69. The molecule has 190 valence electrons. The lowest BCUT2D eigenvalue weighted by molar-refractivity contribution is -0.158. The molecule has 1 saturated heterocycles. The van der Waals surface area contributed by atoms with Crippen molar-refractivity contribution in [3.05, 3.63) is 59.7 Å². The Morgan fingerprint density at radius 2 is 1.56 bits per heavy atom.